The number of amides is 1. The average molecular weight is 290 g/mol. The van der Waals surface area contributed by atoms with Crippen LogP contribution in [0.2, 0.25) is 0 Å². The predicted molar refractivity (Wildman–Crippen MR) is 81.1 cm³/mol. The van der Waals surface area contributed by atoms with E-state index < -0.39 is 5.97 Å². The lowest BCUT2D eigenvalue weighted by atomic mass is 9.81. The van der Waals surface area contributed by atoms with E-state index in [0.717, 1.165) is 17.7 Å². The number of rotatable bonds is 2. The molecular weight excluding hydrogens is 268 g/mol. The Balaban J connectivity index is 2.57. The molecule has 0 aromatic heterocycles. The van der Waals surface area contributed by atoms with Gasteiger partial charge in [0.05, 0.1) is 12.7 Å². The molecule has 2 N–H and O–H groups in total. The van der Waals surface area contributed by atoms with Crippen LogP contribution in [0, 0.1) is 5.92 Å². The number of carbonyl (C=O) groups is 2. The van der Waals surface area contributed by atoms with Crippen molar-refractivity contribution in [1.29, 1.82) is 0 Å². The second kappa shape index (κ2) is 5.85. The lowest BCUT2D eigenvalue weighted by molar-refractivity contribution is -0.117. The van der Waals surface area contributed by atoms with Crippen LogP contribution in [0.4, 0.5) is 5.69 Å². The van der Waals surface area contributed by atoms with Gasteiger partial charge in [-0.3, -0.25) is 4.79 Å². The zero-order valence-electron chi connectivity index (χ0n) is 12.9. The summed E-state index contributed by atoms with van der Waals surface area (Å²) in [4.78, 5) is 25.5. The fourth-order valence-corrected chi connectivity index (χ4v) is 3.18. The van der Waals surface area contributed by atoms with Gasteiger partial charge in [-0.1, -0.05) is 13.8 Å². The molecule has 5 heteroatoms. The minimum atomic E-state index is -0.398. The molecule has 0 bridgehead atoms. The van der Waals surface area contributed by atoms with Gasteiger partial charge in [0.25, 0.3) is 0 Å². The summed E-state index contributed by atoms with van der Waals surface area (Å²) < 4.78 is 4.75. The second-order valence-corrected chi connectivity index (χ2v) is 5.51. The second-order valence-electron chi connectivity index (χ2n) is 5.51. The fourth-order valence-electron chi connectivity index (χ4n) is 3.18. The van der Waals surface area contributed by atoms with Crippen LogP contribution in [0.15, 0.2) is 18.2 Å². The highest BCUT2D eigenvalue weighted by Crippen LogP contribution is 2.41. The molecule has 1 aliphatic rings. The molecule has 2 rings (SSSR count). The standard InChI is InChI=1S/C16H22N2O3/c1-5-13-9(2)15(17)12-8-11(16(20)21-4)6-7-14(12)18(13)10(3)19/h6-9,13,15H,5,17H2,1-4H3/t9-,13+,15+/m1/s1. The van der Waals surface area contributed by atoms with Crippen LogP contribution < -0.4 is 10.6 Å². The van der Waals surface area contributed by atoms with E-state index in [1.54, 1.807) is 30.0 Å². The third-order valence-electron chi connectivity index (χ3n) is 4.33. The molecule has 1 aromatic carbocycles. The summed E-state index contributed by atoms with van der Waals surface area (Å²) in [5, 5.41) is 0. The van der Waals surface area contributed by atoms with Crippen LogP contribution >= 0.6 is 0 Å². The number of ether oxygens (including phenoxy) is 1. The summed E-state index contributed by atoms with van der Waals surface area (Å²) in [6.45, 7) is 5.66. The predicted octanol–water partition coefficient (Wildman–Crippen LogP) is 2.25. The van der Waals surface area contributed by atoms with Crippen molar-refractivity contribution in [2.75, 3.05) is 12.0 Å². The highest BCUT2D eigenvalue weighted by atomic mass is 16.5. The first kappa shape index (κ1) is 15.5. The van der Waals surface area contributed by atoms with Gasteiger partial charge in [0.2, 0.25) is 5.91 Å². The molecule has 1 heterocycles. The summed E-state index contributed by atoms with van der Waals surface area (Å²) in [5.74, 6) is -0.281. The maximum atomic E-state index is 12.1. The van der Waals surface area contributed by atoms with E-state index in [2.05, 4.69) is 6.92 Å². The van der Waals surface area contributed by atoms with Crippen LogP contribution in [0.5, 0.6) is 0 Å². The molecule has 0 fully saturated rings. The number of fused-ring (bicyclic) bond motifs is 1. The van der Waals surface area contributed by atoms with Crippen molar-refractivity contribution < 1.29 is 14.3 Å². The minimum Gasteiger partial charge on any atom is -0.465 e. The number of nitrogens with zero attached hydrogens (tertiary/aromatic N) is 1. The Bertz CT molecular complexity index is 571. The van der Waals surface area contributed by atoms with Gasteiger partial charge in [0.15, 0.2) is 0 Å². The maximum absolute atomic E-state index is 12.1. The highest BCUT2D eigenvalue weighted by molar-refractivity contribution is 5.96. The van der Waals surface area contributed by atoms with Crippen LogP contribution in [-0.4, -0.2) is 25.0 Å². The van der Waals surface area contributed by atoms with Crippen molar-refractivity contribution in [2.24, 2.45) is 11.7 Å². The van der Waals surface area contributed by atoms with Gasteiger partial charge in [0, 0.05) is 24.7 Å². The molecule has 0 saturated carbocycles. The lowest BCUT2D eigenvalue weighted by Crippen LogP contribution is -2.50. The Kier molecular flexibility index (Phi) is 4.32. The fraction of sp³-hybridized carbons (Fsp3) is 0.500. The summed E-state index contributed by atoms with van der Waals surface area (Å²) in [6.07, 6.45) is 0.840. The molecule has 0 saturated heterocycles. The molecule has 5 nitrogen and oxygen atoms in total. The summed E-state index contributed by atoms with van der Waals surface area (Å²) in [6, 6.07) is 5.08. The van der Waals surface area contributed by atoms with Gasteiger partial charge >= 0.3 is 5.97 Å². The Morgan fingerprint density at radius 2 is 2.05 bits per heavy atom. The van der Waals surface area contributed by atoms with Crippen molar-refractivity contribution in [2.45, 2.75) is 39.3 Å². The van der Waals surface area contributed by atoms with Gasteiger partial charge in [-0.05, 0) is 36.1 Å². The summed E-state index contributed by atoms with van der Waals surface area (Å²) in [5.41, 5.74) is 8.42. The third-order valence-corrected chi connectivity index (χ3v) is 4.33. The first-order chi connectivity index (χ1) is 9.92. The largest absolute Gasteiger partial charge is 0.465 e. The van der Waals surface area contributed by atoms with E-state index in [0.29, 0.717) is 5.56 Å². The number of hydrogen-bond donors (Lipinski definition) is 1. The zero-order chi connectivity index (χ0) is 15.7. The van der Waals surface area contributed by atoms with Crippen LogP contribution in [0.1, 0.15) is 49.2 Å². The van der Waals surface area contributed by atoms with Gasteiger partial charge in [-0.2, -0.15) is 0 Å². The smallest absolute Gasteiger partial charge is 0.337 e. The third kappa shape index (κ3) is 2.53. The molecule has 3 atom stereocenters. The number of benzene rings is 1. The Hall–Kier alpha value is -1.88. The number of methoxy groups -OCH3 is 1. The number of nitrogens with two attached hydrogens (primary N) is 1. The van der Waals surface area contributed by atoms with E-state index >= 15 is 0 Å². The van der Waals surface area contributed by atoms with Crippen molar-refractivity contribution in [3.05, 3.63) is 29.3 Å². The lowest BCUT2D eigenvalue weighted by Gasteiger charge is -2.43. The van der Waals surface area contributed by atoms with Crippen LogP contribution in [0.25, 0.3) is 0 Å². The SMILES string of the molecule is CC[C@H]1[C@@H](C)[C@H](N)c2cc(C(=O)OC)ccc2N1C(C)=O. The van der Waals surface area contributed by atoms with E-state index in [4.69, 9.17) is 10.5 Å². The van der Waals surface area contributed by atoms with Crippen molar-refractivity contribution in [1.82, 2.24) is 0 Å². The summed E-state index contributed by atoms with van der Waals surface area (Å²) in [7, 11) is 1.35. The van der Waals surface area contributed by atoms with Crippen LogP contribution in [0.3, 0.4) is 0 Å². The van der Waals surface area contributed by atoms with Gasteiger partial charge < -0.3 is 15.4 Å². The zero-order valence-corrected chi connectivity index (χ0v) is 12.9. The molecule has 0 unspecified atom stereocenters. The normalized spacial score (nSPS) is 24.4. The molecule has 0 radical (unpaired) electrons. The molecule has 1 aliphatic heterocycles. The number of carbonyl (C=O) groups excluding carboxylic acids is 2. The molecule has 114 valence electrons. The molecule has 0 aliphatic carbocycles. The van der Waals surface area contributed by atoms with Gasteiger partial charge in [-0.25, -0.2) is 4.79 Å². The monoisotopic (exact) mass is 290 g/mol. The first-order valence-electron chi connectivity index (χ1n) is 7.20. The van der Waals surface area contributed by atoms with Crippen molar-refractivity contribution in [3.8, 4) is 0 Å². The van der Waals surface area contributed by atoms with Crippen LogP contribution in [-0.2, 0) is 9.53 Å². The molecular formula is C16H22N2O3. The Morgan fingerprint density at radius 1 is 1.38 bits per heavy atom. The van der Waals surface area contributed by atoms with Gasteiger partial charge in [-0.15, -0.1) is 0 Å². The Labute approximate surface area is 125 Å². The molecule has 0 spiro atoms. The quantitative estimate of drug-likeness (QED) is 0.848. The van der Waals surface area contributed by atoms with E-state index in [9.17, 15) is 9.59 Å². The van der Waals surface area contributed by atoms with E-state index in [-0.39, 0.29) is 23.9 Å². The highest BCUT2D eigenvalue weighted by Gasteiger charge is 2.38. The maximum Gasteiger partial charge on any atom is 0.337 e. The molecule has 1 aromatic rings. The average Bonchev–Trinajstić information content (AvgIpc) is 2.48. The Morgan fingerprint density at radius 3 is 2.57 bits per heavy atom. The number of hydrogen-bond acceptors (Lipinski definition) is 4. The first-order valence-corrected chi connectivity index (χ1v) is 7.20. The molecule has 21 heavy (non-hydrogen) atoms. The summed E-state index contributed by atoms with van der Waals surface area (Å²) >= 11 is 0. The van der Waals surface area contributed by atoms with Crippen molar-refractivity contribution in [3.63, 3.8) is 0 Å². The molecule has 1 amide bonds. The number of esters is 1. The number of anilines is 1. The minimum absolute atomic E-state index is 0.00679. The van der Waals surface area contributed by atoms with E-state index in [1.165, 1.54) is 7.11 Å². The van der Waals surface area contributed by atoms with E-state index in [1.807, 2.05) is 6.92 Å². The van der Waals surface area contributed by atoms with Gasteiger partial charge in [0.1, 0.15) is 0 Å². The van der Waals surface area contributed by atoms with Crippen molar-refractivity contribution >= 4 is 17.6 Å². The topological polar surface area (TPSA) is 72.6 Å².